The highest BCUT2D eigenvalue weighted by Crippen LogP contribution is 2.48. The quantitative estimate of drug-likeness (QED) is 0.103. The summed E-state index contributed by atoms with van der Waals surface area (Å²) in [6.45, 7) is -0.830. The van der Waals surface area contributed by atoms with Crippen LogP contribution in [0.2, 0.25) is 0 Å². The molecular formula is C40H66N10O16S6. The highest BCUT2D eigenvalue weighted by Gasteiger charge is 2.58. The Bertz CT molecular complexity index is 2880. The van der Waals surface area contributed by atoms with Gasteiger partial charge in [0.1, 0.15) is 0 Å². The van der Waals surface area contributed by atoms with Crippen molar-refractivity contribution in [2.45, 2.75) is 152 Å². The summed E-state index contributed by atoms with van der Waals surface area (Å²) in [5, 5.41) is 32.2. The van der Waals surface area contributed by atoms with E-state index in [0.29, 0.717) is 32.1 Å². The van der Waals surface area contributed by atoms with Gasteiger partial charge in [0, 0.05) is 5.69 Å². The van der Waals surface area contributed by atoms with Crippen LogP contribution in [0, 0.1) is 47.3 Å². The first-order valence-corrected chi connectivity index (χ1v) is 33.8. The Morgan fingerprint density at radius 1 is 0.458 bits per heavy atom. The van der Waals surface area contributed by atoms with Crippen molar-refractivity contribution in [1.29, 1.82) is 0 Å². The summed E-state index contributed by atoms with van der Waals surface area (Å²) in [7, 11) is -25.7. The number of hydrogen-bond donors (Lipinski definition) is 13. The zero-order valence-corrected chi connectivity index (χ0v) is 43.8. The van der Waals surface area contributed by atoms with E-state index in [0.717, 1.165) is 0 Å². The van der Waals surface area contributed by atoms with Gasteiger partial charge >= 0.3 is 10.4 Å². The van der Waals surface area contributed by atoms with Crippen molar-refractivity contribution < 1.29 is 68.3 Å². The van der Waals surface area contributed by atoms with Crippen molar-refractivity contribution >= 4 is 66.2 Å². The Labute approximate surface area is 420 Å². The van der Waals surface area contributed by atoms with E-state index in [2.05, 4.69) is 51.4 Å². The highest BCUT2D eigenvalue weighted by molar-refractivity contribution is 7.93. The molecule has 32 heteroatoms. The van der Waals surface area contributed by atoms with Gasteiger partial charge in [0.05, 0.1) is 87.6 Å². The van der Waals surface area contributed by atoms with Crippen molar-refractivity contribution in [3.63, 3.8) is 0 Å². The molecule has 0 aromatic heterocycles. The molecule has 0 spiro atoms. The van der Waals surface area contributed by atoms with Crippen LogP contribution in [0.3, 0.4) is 0 Å². The lowest BCUT2D eigenvalue weighted by Crippen LogP contribution is -2.61. The minimum Gasteiger partial charge on any atom is -0.286 e. The van der Waals surface area contributed by atoms with Crippen LogP contribution in [0.4, 0.5) is 5.69 Å². The van der Waals surface area contributed by atoms with Crippen LogP contribution in [-0.4, -0.2) is 147 Å². The Morgan fingerprint density at radius 2 is 0.778 bits per heavy atom. The van der Waals surface area contributed by atoms with Gasteiger partial charge in [-0.15, -0.1) is 0 Å². The monoisotopic (exact) mass is 1130 g/mol. The van der Waals surface area contributed by atoms with E-state index in [4.69, 9.17) is 9.69 Å². The number of fused-ring (bicyclic) bond motifs is 20. The normalized spacial score (nSPS) is 42.7. The Kier molecular flexibility index (Phi) is 14.6. The standard InChI is InChI=1S/C40H66N10O16S6/c41-68(53,54)21-5-9-25-29(15-21)37-42-33(25)44-38-30-16-22(69(55,56)50-19-1-3-20(4-2-19)67(51,52)14-13-66-72(63,64)65)6-10-26(30)34(45-38)46-39-32-18-24(71(60,61)62)8-12-28(32)36(48-39)49-40-31-17-23(70(57,58)59)7-11-27(31)35(43-37)47-40/h1-4,21-40,42-50H,5-18H2,(H2,41,53,54)(H,57,58,59)(H,60,61,62)(H,63,64,65). The molecule has 408 valence electrons. The smallest absolute Gasteiger partial charge is 0.286 e. The van der Waals surface area contributed by atoms with Gasteiger partial charge in [-0.05, 0) is 149 Å². The fourth-order valence-corrected chi connectivity index (χ4v) is 20.1. The van der Waals surface area contributed by atoms with Gasteiger partial charge < -0.3 is 0 Å². The predicted octanol–water partition coefficient (Wildman–Crippen LogP) is -2.38. The van der Waals surface area contributed by atoms with Gasteiger partial charge in [-0.2, -0.15) is 25.3 Å². The molecule has 4 aliphatic carbocycles. The molecule has 14 N–H and O–H groups in total. The van der Waals surface area contributed by atoms with Crippen molar-refractivity contribution in [1.82, 2.24) is 42.5 Å². The second kappa shape index (κ2) is 19.6. The number of rotatable bonds is 11. The first-order valence-electron chi connectivity index (χ1n) is 24.6. The molecule has 1 aromatic carbocycles. The lowest BCUT2D eigenvalue weighted by atomic mass is 9.76. The molecule has 20 unspecified atom stereocenters. The maximum Gasteiger partial charge on any atom is 0.397 e. The molecule has 72 heavy (non-hydrogen) atoms. The SMILES string of the molecule is NS(=O)(=O)C1CCC2C3NC(NC4NC(NC5NC(NC6NC(N3)C3CC(S(=O)(=O)Nc7ccc(S(=O)(=O)CCOS(=O)(=O)O)cc7)CCC63)C3CC(S(=O)(=O)O)CCC53)C3CC(S(=O)(=O)O)CCC43)C2C1. The molecule has 0 amide bonds. The molecule has 8 bridgehead atoms. The number of primary sulfonamides is 1. The third-order valence-corrected chi connectivity index (χ3v) is 25.6. The molecule has 20 atom stereocenters. The number of hydrogen-bond acceptors (Lipinski definition) is 21. The van der Waals surface area contributed by atoms with E-state index in [1.54, 1.807) is 0 Å². The summed E-state index contributed by atoms with van der Waals surface area (Å²) in [5.41, 5.74) is 0.0953. The summed E-state index contributed by atoms with van der Waals surface area (Å²) >= 11 is 0. The second-order valence-corrected chi connectivity index (χ2v) is 32.0. The summed E-state index contributed by atoms with van der Waals surface area (Å²) in [5.74, 6) is -2.37. The highest BCUT2D eigenvalue weighted by atomic mass is 32.3. The maximum atomic E-state index is 14.3. The van der Waals surface area contributed by atoms with Crippen LogP contribution >= 0.6 is 0 Å². The van der Waals surface area contributed by atoms with E-state index in [1.807, 2.05) is 0 Å². The fourth-order valence-electron chi connectivity index (χ4n) is 14.3. The molecule has 4 saturated carbocycles. The zero-order valence-electron chi connectivity index (χ0n) is 38.9. The van der Waals surface area contributed by atoms with Gasteiger partial charge in [-0.25, -0.2) is 34.6 Å². The van der Waals surface area contributed by atoms with E-state index in [9.17, 15) is 59.6 Å². The minimum absolute atomic E-state index is 0.0953. The molecular weight excluding hydrogens is 1070 g/mol. The van der Waals surface area contributed by atoms with Crippen LogP contribution in [0.1, 0.15) is 77.0 Å². The molecule has 26 nitrogen and oxygen atoms in total. The molecule has 9 fully saturated rings. The minimum atomic E-state index is -4.86. The van der Waals surface area contributed by atoms with Crippen LogP contribution < -0.4 is 52.4 Å². The van der Waals surface area contributed by atoms with Crippen molar-refractivity contribution in [3.8, 4) is 0 Å². The molecule has 5 heterocycles. The fraction of sp³-hybridized carbons (Fsp3) is 0.850. The number of sulfonamides is 2. The number of anilines is 1. The lowest BCUT2D eigenvalue weighted by Gasteiger charge is -2.38. The topological polar surface area (TPSA) is 409 Å². The lowest BCUT2D eigenvalue weighted by molar-refractivity contribution is 0.168. The van der Waals surface area contributed by atoms with E-state index in [-0.39, 0.29) is 109 Å². The predicted molar refractivity (Wildman–Crippen MR) is 259 cm³/mol. The third-order valence-electron chi connectivity index (χ3n) is 17.7. The number of nitrogens with two attached hydrogens (primary N) is 1. The molecule has 9 aliphatic rings. The summed E-state index contributed by atoms with van der Waals surface area (Å²) in [6.07, 6.45) is 0.151. The first kappa shape index (κ1) is 53.6. The summed E-state index contributed by atoms with van der Waals surface area (Å²) < 4.78 is 188. The maximum absolute atomic E-state index is 14.3. The van der Waals surface area contributed by atoms with Crippen LogP contribution in [0.25, 0.3) is 0 Å². The van der Waals surface area contributed by atoms with Gasteiger partial charge in [0.15, 0.2) is 9.84 Å². The van der Waals surface area contributed by atoms with Gasteiger partial charge in [0.2, 0.25) is 20.0 Å². The van der Waals surface area contributed by atoms with Crippen LogP contribution in [-0.2, 0) is 64.7 Å². The average Bonchev–Trinajstić information content (AvgIpc) is 4.02. The van der Waals surface area contributed by atoms with Gasteiger partial charge in [0.25, 0.3) is 20.2 Å². The van der Waals surface area contributed by atoms with Crippen molar-refractivity contribution in [3.05, 3.63) is 24.3 Å². The molecule has 0 radical (unpaired) electrons. The number of sulfone groups is 1. The number of benzene rings is 1. The van der Waals surface area contributed by atoms with Gasteiger partial charge in [-0.3, -0.25) is 60.9 Å². The summed E-state index contributed by atoms with van der Waals surface area (Å²) in [6, 6.07) is 4.92. The van der Waals surface area contributed by atoms with Crippen molar-refractivity contribution in [2.24, 2.45) is 52.5 Å². The summed E-state index contributed by atoms with van der Waals surface area (Å²) in [4.78, 5) is -0.225. The molecule has 5 aliphatic heterocycles. The van der Waals surface area contributed by atoms with Gasteiger partial charge in [-0.1, -0.05) is 0 Å². The molecule has 1 aromatic rings. The zero-order chi connectivity index (χ0) is 51.5. The first-order chi connectivity index (χ1) is 33.6. The Morgan fingerprint density at radius 3 is 1.12 bits per heavy atom. The van der Waals surface area contributed by atoms with Crippen molar-refractivity contribution in [2.75, 3.05) is 17.1 Å². The van der Waals surface area contributed by atoms with Crippen LogP contribution in [0.5, 0.6) is 0 Å². The third kappa shape index (κ3) is 11.0. The molecule has 5 saturated heterocycles. The molecule has 10 rings (SSSR count). The second-order valence-electron chi connectivity index (χ2n) is 21.6. The average molecular weight is 1140 g/mol. The van der Waals surface area contributed by atoms with E-state index >= 15 is 0 Å². The van der Waals surface area contributed by atoms with E-state index in [1.165, 1.54) is 24.3 Å². The largest absolute Gasteiger partial charge is 0.397 e. The van der Waals surface area contributed by atoms with Crippen LogP contribution in [0.15, 0.2) is 29.2 Å². The Balaban J connectivity index is 0.943. The Hall–Kier alpha value is -1.80. The van der Waals surface area contributed by atoms with E-state index < -0.39 is 137 Å². The number of nitrogens with one attached hydrogen (secondary N) is 9.